The first-order valence-corrected chi connectivity index (χ1v) is 13.4. The van der Waals surface area contributed by atoms with Crippen molar-refractivity contribution >= 4 is 34.3 Å². The highest BCUT2D eigenvalue weighted by molar-refractivity contribution is 6.33. The molecule has 8 nitrogen and oxygen atoms in total. The normalized spacial score (nSPS) is 14.5. The lowest BCUT2D eigenvalue weighted by Gasteiger charge is -2.29. The molecule has 1 fully saturated rings. The van der Waals surface area contributed by atoms with Crippen molar-refractivity contribution in [2.75, 3.05) is 25.5 Å². The van der Waals surface area contributed by atoms with E-state index in [1.807, 2.05) is 19.1 Å². The lowest BCUT2D eigenvalue weighted by Crippen LogP contribution is -2.29. The highest BCUT2D eigenvalue weighted by Gasteiger charge is 2.18. The van der Waals surface area contributed by atoms with E-state index in [0.717, 1.165) is 35.7 Å². The number of pyridine rings is 1. The molecule has 0 radical (unpaired) electrons. The molecular formula is C30H28ClN7O. The standard InChI is InChI=1S/C30H28ClN7O/c1-18-27(33-12-11-32-18)21-5-8-24(26(31)16-21)25-15-22-17-34-30(37-28(22)36-29(25)39)35-23-6-3-19(4-7-23)20-9-13-38(2)14-10-20/h3-8,11-12,15-17,20H,9-10,13-14H2,1-2H3,(H2,34,35,36,37,39). The highest BCUT2D eigenvalue weighted by Crippen LogP contribution is 2.32. The summed E-state index contributed by atoms with van der Waals surface area (Å²) in [6.45, 7) is 4.16. The Balaban J connectivity index is 1.23. The molecular weight excluding hydrogens is 510 g/mol. The predicted molar refractivity (Wildman–Crippen MR) is 156 cm³/mol. The first kappa shape index (κ1) is 25.2. The Morgan fingerprint density at radius 3 is 2.49 bits per heavy atom. The van der Waals surface area contributed by atoms with Gasteiger partial charge in [0.1, 0.15) is 5.65 Å². The maximum Gasteiger partial charge on any atom is 0.257 e. The third-order valence-corrected chi connectivity index (χ3v) is 7.68. The maximum atomic E-state index is 13.1. The number of hydrogen-bond acceptors (Lipinski definition) is 7. The number of nitrogens with zero attached hydrogens (tertiary/aromatic N) is 5. The van der Waals surface area contributed by atoms with Gasteiger partial charge in [0.05, 0.1) is 11.4 Å². The van der Waals surface area contributed by atoms with Crippen LogP contribution in [0.5, 0.6) is 0 Å². The van der Waals surface area contributed by atoms with E-state index in [0.29, 0.717) is 39.0 Å². The van der Waals surface area contributed by atoms with Crippen molar-refractivity contribution < 1.29 is 0 Å². The molecule has 196 valence electrons. The average molecular weight is 538 g/mol. The highest BCUT2D eigenvalue weighted by atomic mass is 35.5. The number of aromatic amines is 1. The summed E-state index contributed by atoms with van der Waals surface area (Å²) in [4.78, 5) is 36.0. The Labute approximate surface area is 231 Å². The number of halogens is 1. The molecule has 1 saturated heterocycles. The summed E-state index contributed by atoms with van der Waals surface area (Å²) in [5, 5.41) is 4.41. The Morgan fingerprint density at radius 1 is 0.974 bits per heavy atom. The SMILES string of the molecule is Cc1nccnc1-c1ccc(-c2cc3cnc(Nc4ccc(C5CCN(C)CC5)cc4)nc3[nH]c2=O)c(Cl)c1. The van der Waals surface area contributed by atoms with Crippen LogP contribution in [-0.4, -0.2) is 50.0 Å². The van der Waals surface area contributed by atoms with E-state index in [-0.39, 0.29) is 5.56 Å². The number of H-pyrrole nitrogens is 1. The lowest BCUT2D eigenvalue weighted by molar-refractivity contribution is 0.255. The van der Waals surface area contributed by atoms with Gasteiger partial charge in [-0.2, -0.15) is 4.98 Å². The van der Waals surface area contributed by atoms with Gasteiger partial charge in [-0.25, -0.2) is 4.98 Å². The van der Waals surface area contributed by atoms with Crippen molar-refractivity contribution in [2.45, 2.75) is 25.7 Å². The minimum atomic E-state index is -0.278. The van der Waals surface area contributed by atoms with Crippen LogP contribution in [0.4, 0.5) is 11.6 Å². The van der Waals surface area contributed by atoms with Gasteiger partial charge in [-0.05, 0) is 75.6 Å². The number of aryl methyl sites for hydroxylation is 1. The van der Waals surface area contributed by atoms with E-state index in [1.54, 1.807) is 30.7 Å². The van der Waals surface area contributed by atoms with Crippen LogP contribution in [-0.2, 0) is 0 Å². The van der Waals surface area contributed by atoms with Crippen molar-refractivity contribution in [1.29, 1.82) is 0 Å². The Kier molecular flexibility index (Phi) is 6.81. The van der Waals surface area contributed by atoms with Crippen LogP contribution in [0.25, 0.3) is 33.4 Å². The lowest BCUT2D eigenvalue weighted by atomic mass is 9.89. The predicted octanol–water partition coefficient (Wildman–Crippen LogP) is 5.96. The number of anilines is 2. The van der Waals surface area contributed by atoms with Gasteiger partial charge in [0.25, 0.3) is 5.56 Å². The molecule has 0 bridgehead atoms. The van der Waals surface area contributed by atoms with Crippen molar-refractivity contribution in [3.05, 3.63) is 93.8 Å². The molecule has 3 aromatic heterocycles. The van der Waals surface area contributed by atoms with Crippen molar-refractivity contribution in [3.8, 4) is 22.4 Å². The smallest absolute Gasteiger partial charge is 0.257 e. The average Bonchev–Trinajstić information content (AvgIpc) is 2.94. The van der Waals surface area contributed by atoms with Crippen LogP contribution in [0.3, 0.4) is 0 Å². The van der Waals surface area contributed by atoms with E-state index in [9.17, 15) is 4.79 Å². The molecule has 0 amide bonds. The zero-order valence-electron chi connectivity index (χ0n) is 21.8. The third-order valence-electron chi connectivity index (χ3n) is 7.36. The van der Waals surface area contributed by atoms with E-state index in [2.05, 4.69) is 66.4 Å². The second kappa shape index (κ2) is 10.6. The molecule has 5 aromatic rings. The Bertz CT molecular complexity index is 1710. The monoisotopic (exact) mass is 537 g/mol. The number of piperidine rings is 1. The van der Waals surface area contributed by atoms with Gasteiger partial charge >= 0.3 is 0 Å². The molecule has 1 aliphatic heterocycles. The molecule has 0 spiro atoms. The molecule has 4 heterocycles. The number of likely N-dealkylation sites (tertiary alicyclic amines) is 1. The van der Waals surface area contributed by atoms with Crippen LogP contribution < -0.4 is 10.9 Å². The fraction of sp³-hybridized carbons (Fsp3) is 0.233. The molecule has 1 aliphatic rings. The van der Waals surface area contributed by atoms with Crippen LogP contribution >= 0.6 is 11.6 Å². The van der Waals surface area contributed by atoms with Crippen LogP contribution in [0, 0.1) is 6.92 Å². The van der Waals surface area contributed by atoms with Crippen molar-refractivity contribution in [1.82, 2.24) is 29.8 Å². The summed E-state index contributed by atoms with van der Waals surface area (Å²) in [6, 6.07) is 15.8. The number of benzene rings is 2. The fourth-order valence-corrected chi connectivity index (χ4v) is 5.42. The maximum absolute atomic E-state index is 13.1. The minimum Gasteiger partial charge on any atom is -0.324 e. The number of rotatable bonds is 5. The van der Waals surface area contributed by atoms with E-state index >= 15 is 0 Å². The Morgan fingerprint density at radius 2 is 1.74 bits per heavy atom. The first-order valence-electron chi connectivity index (χ1n) is 13.0. The fourth-order valence-electron chi connectivity index (χ4n) is 5.13. The topological polar surface area (TPSA) is 99.7 Å². The quantitative estimate of drug-likeness (QED) is 0.285. The molecule has 39 heavy (non-hydrogen) atoms. The summed E-state index contributed by atoms with van der Waals surface area (Å²) < 4.78 is 0. The summed E-state index contributed by atoms with van der Waals surface area (Å²) in [5.41, 5.74) is 5.90. The second-order valence-electron chi connectivity index (χ2n) is 10.0. The molecule has 0 saturated carbocycles. The molecule has 6 rings (SSSR count). The van der Waals surface area contributed by atoms with E-state index in [4.69, 9.17) is 11.6 Å². The van der Waals surface area contributed by atoms with Gasteiger partial charge in [0.2, 0.25) is 5.95 Å². The molecule has 2 aromatic carbocycles. The molecule has 0 aliphatic carbocycles. The minimum absolute atomic E-state index is 0.278. The van der Waals surface area contributed by atoms with Gasteiger partial charge in [0, 0.05) is 51.4 Å². The summed E-state index contributed by atoms with van der Waals surface area (Å²) >= 11 is 6.63. The van der Waals surface area contributed by atoms with Crippen LogP contribution in [0.2, 0.25) is 5.02 Å². The third kappa shape index (κ3) is 5.26. The number of hydrogen-bond donors (Lipinski definition) is 2. The molecule has 2 N–H and O–H groups in total. The Hall–Kier alpha value is -4.14. The zero-order valence-corrected chi connectivity index (χ0v) is 22.5. The second-order valence-corrected chi connectivity index (χ2v) is 10.4. The number of fused-ring (bicyclic) bond motifs is 1. The molecule has 0 atom stereocenters. The van der Waals surface area contributed by atoms with E-state index in [1.165, 1.54) is 18.4 Å². The van der Waals surface area contributed by atoms with Gasteiger partial charge < -0.3 is 15.2 Å². The zero-order chi connectivity index (χ0) is 26.9. The van der Waals surface area contributed by atoms with Crippen LogP contribution in [0.1, 0.15) is 30.0 Å². The number of nitrogens with one attached hydrogen (secondary N) is 2. The van der Waals surface area contributed by atoms with Gasteiger partial charge in [-0.3, -0.25) is 14.8 Å². The van der Waals surface area contributed by atoms with Crippen LogP contribution in [0.15, 0.2) is 71.9 Å². The van der Waals surface area contributed by atoms with Gasteiger partial charge in [0.15, 0.2) is 0 Å². The van der Waals surface area contributed by atoms with Crippen molar-refractivity contribution in [3.63, 3.8) is 0 Å². The van der Waals surface area contributed by atoms with E-state index < -0.39 is 0 Å². The summed E-state index contributed by atoms with van der Waals surface area (Å²) in [5.74, 6) is 1.02. The largest absolute Gasteiger partial charge is 0.324 e. The number of aromatic nitrogens is 5. The summed E-state index contributed by atoms with van der Waals surface area (Å²) in [7, 11) is 2.18. The van der Waals surface area contributed by atoms with Gasteiger partial charge in [-0.15, -0.1) is 0 Å². The van der Waals surface area contributed by atoms with Crippen molar-refractivity contribution in [2.24, 2.45) is 0 Å². The first-order chi connectivity index (χ1) is 18.9. The van der Waals surface area contributed by atoms with Gasteiger partial charge in [-0.1, -0.05) is 35.9 Å². The molecule has 9 heteroatoms. The summed E-state index contributed by atoms with van der Waals surface area (Å²) in [6.07, 6.45) is 7.36. The molecule has 0 unspecified atom stereocenters.